The minimum atomic E-state index is -2.29. The van der Waals surface area contributed by atoms with E-state index in [1.54, 1.807) is 35.7 Å². The molecular formula is C19H22F2N6S. The van der Waals surface area contributed by atoms with E-state index in [0.717, 1.165) is 58.2 Å². The fraction of sp³-hybridized carbons (Fsp3) is 0.474. The Balaban J connectivity index is 1.50. The molecule has 1 fully saturated rings. The van der Waals surface area contributed by atoms with Crippen LogP contribution in [-0.4, -0.2) is 64.2 Å². The summed E-state index contributed by atoms with van der Waals surface area (Å²) < 4.78 is 25.2. The van der Waals surface area contributed by atoms with E-state index in [-0.39, 0.29) is 12.6 Å². The van der Waals surface area contributed by atoms with Gasteiger partial charge in [0, 0.05) is 36.3 Å². The molecule has 0 saturated carbocycles. The Morgan fingerprint density at radius 3 is 2.64 bits per heavy atom. The molecule has 0 radical (unpaired) electrons. The highest BCUT2D eigenvalue weighted by Crippen LogP contribution is 2.28. The van der Waals surface area contributed by atoms with Crippen molar-refractivity contribution in [1.82, 2.24) is 25.1 Å². The lowest BCUT2D eigenvalue weighted by atomic mass is 10.0. The van der Waals surface area contributed by atoms with E-state index in [9.17, 15) is 8.78 Å². The van der Waals surface area contributed by atoms with Crippen LogP contribution in [0.2, 0.25) is 0 Å². The first-order valence-corrected chi connectivity index (χ1v) is 10.1. The molecule has 1 saturated heterocycles. The number of rotatable bonds is 5. The molecule has 3 aromatic rings. The van der Waals surface area contributed by atoms with Crippen LogP contribution in [0.4, 0.5) is 14.6 Å². The van der Waals surface area contributed by atoms with Crippen LogP contribution in [-0.2, 0) is 0 Å². The molecule has 0 spiro atoms. The van der Waals surface area contributed by atoms with Crippen LogP contribution >= 0.6 is 11.3 Å². The molecule has 4 heterocycles. The van der Waals surface area contributed by atoms with Gasteiger partial charge < -0.3 is 4.90 Å². The largest absolute Gasteiger partial charge is 0.356 e. The lowest BCUT2D eigenvalue weighted by Gasteiger charge is -2.37. The normalized spacial score (nSPS) is 15.9. The monoisotopic (exact) mass is 404 g/mol. The van der Waals surface area contributed by atoms with Gasteiger partial charge in [0.2, 0.25) is 0 Å². The Kier molecular flexibility index (Phi) is 5.45. The molecule has 0 aromatic carbocycles. The average molecular weight is 404 g/mol. The molecule has 28 heavy (non-hydrogen) atoms. The van der Waals surface area contributed by atoms with Crippen molar-refractivity contribution in [2.24, 2.45) is 0 Å². The number of piperidine rings is 1. The molecule has 0 aliphatic carbocycles. The van der Waals surface area contributed by atoms with Gasteiger partial charge in [0.1, 0.15) is 15.8 Å². The summed E-state index contributed by atoms with van der Waals surface area (Å²) in [5.41, 5.74) is 1.78. The van der Waals surface area contributed by atoms with E-state index in [1.165, 1.54) is 0 Å². The Morgan fingerprint density at radius 1 is 1.18 bits per heavy atom. The van der Waals surface area contributed by atoms with Crippen molar-refractivity contribution < 1.29 is 8.78 Å². The minimum Gasteiger partial charge on any atom is -0.356 e. The van der Waals surface area contributed by atoms with Crippen LogP contribution in [0.5, 0.6) is 0 Å². The van der Waals surface area contributed by atoms with E-state index in [1.807, 2.05) is 13.0 Å². The van der Waals surface area contributed by atoms with Gasteiger partial charge in [0.05, 0.1) is 18.3 Å². The van der Waals surface area contributed by atoms with Gasteiger partial charge in [-0.15, -0.1) is 10.2 Å². The highest BCUT2D eigenvalue weighted by Gasteiger charge is 2.24. The van der Waals surface area contributed by atoms with Crippen LogP contribution in [0.15, 0.2) is 24.5 Å². The van der Waals surface area contributed by atoms with Gasteiger partial charge in [-0.25, -0.2) is 13.8 Å². The zero-order valence-electron chi connectivity index (χ0n) is 15.8. The van der Waals surface area contributed by atoms with Crippen LogP contribution in [0.25, 0.3) is 21.5 Å². The summed E-state index contributed by atoms with van der Waals surface area (Å²) in [6.07, 6.45) is 3.00. The highest BCUT2D eigenvalue weighted by molar-refractivity contribution is 7.14. The SMILES string of the molecule is Cc1nnc(-c2cnc3cnc(N4CCC(N(C)CC(F)F)CC4)cc3c2)s1. The number of hydrogen-bond donors (Lipinski definition) is 0. The number of fused-ring (bicyclic) bond motifs is 1. The number of alkyl halides is 2. The van der Waals surface area contributed by atoms with Crippen molar-refractivity contribution in [2.75, 3.05) is 31.6 Å². The van der Waals surface area contributed by atoms with Gasteiger partial charge in [-0.1, -0.05) is 11.3 Å². The molecule has 0 N–H and O–H groups in total. The van der Waals surface area contributed by atoms with Gasteiger partial charge in [0.25, 0.3) is 6.43 Å². The molecule has 0 atom stereocenters. The standard InChI is InChI=1S/C19H22F2N6S/c1-12-24-25-19(28-12)14-7-13-8-18(23-10-16(13)22-9-14)27-5-3-15(4-6-27)26(2)11-17(20)21/h7-10,15,17H,3-6,11H2,1-2H3. The molecule has 148 valence electrons. The molecular weight excluding hydrogens is 382 g/mol. The Hall–Kier alpha value is -2.26. The van der Waals surface area contributed by atoms with E-state index < -0.39 is 6.43 Å². The fourth-order valence-corrected chi connectivity index (χ4v) is 4.30. The summed E-state index contributed by atoms with van der Waals surface area (Å²) in [5.74, 6) is 0.898. The van der Waals surface area contributed by atoms with Crippen molar-refractivity contribution in [2.45, 2.75) is 32.2 Å². The Bertz CT molecular complexity index is 955. The lowest BCUT2D eigenvalue weighted by molar-refractivity contribution is 0.0743. The maximum atomic E-state index is 12.6. The Morgan fingerprint density at radius 2 is 1.96 bits per heavy atom. The number of anilines is 1. The summed E-state index contributed by atoms with van der Waals surface area (Å²) in [6.45, 7) is 3.37. The van der Waals surface area contributed by atoms with Crippen molar-refractivity contribution >= 4 is 28.1 Å². The minimum absolute atomic E-state index is 0.168. The predicted octanol–water partition coefficient (Wildman–Crippen LogP) is 3.62. The van der Waals surface area contributed by atoms with Gasteiger partial charge >= 0.3 is 0 Å². The molecule has 3 aromatic heterocycles. The van der Waals surface area contributed by atoms with Crippen LogP contribution in [0.1, 0.15) is 17.8 Å². The fourth-order valence-electron chi connectivity index (χ4n) is 3.63. The third-order valence-electron chi connectivity index (χ3n) is 5.16. The quantitative estimate of drug-likeness (QED) is 0.647. The van der Waals surface area contributed by atoms with Crippen LogP contribution in [0, 0.1) is 6.92 Å². The highest BCUT2D eigenvalue weighted by atomic mass is 32.1. The number of halogens is 2. The summed E-state index contributed by atoms with van der Waals surface area (Å²) in [5, 5.41) is 11.1. The third kappa shape index (κ3) is 4.10. The van der Waals surface area contributed by atoms with Gasteiger partial charge in [-0.05, 0) is 38.9 Å². The zero-order chi connectivity index (χ0) is 19.7. The zero-order valence-corrected chi connectivity index (χ0v) is 16.7. The molecule has 0 bridgehead atoms. The van der Waals surface area contributed by atoms with Crippen LogP contribution in [0.3, 0.4) is 0 Å². The first-order chi connectivity index (χ1) is 13.5. The second kappa shape index (κ2) is 8.00. The smallest absolute Gasteiger partial charge is 0.251 e. The molecule has 1 aliphatic rings. The first kappa shape index (κ1) is 19.1. The van der Waals surface area contributed by atoms with E-state index in [0.29, 0.717) is 0 Å². The summed E-state index contributed by atoms with van der Waals surface area (Å²) in [7, 11) is 1.78. The van der Waals surface area contributed by atoms with Crippen molar-refractivity contribution in [3.63, 3.8) is 0 Å². The van der Waals surface area contributed by atoms with Gasteiger partial charge in [-0.2, -0.15) is 0 Å². The number of aryl methyl sites for hydroxylation is 1. The number of hydrogen-bond acceptors (Lipinski definition) is 7. The number of pyridine rings is 2. The molecule has 0 amide bonds. The van der Waals surface area contributed by atoms with Crippen molar-refractivity contribution in [3.05, 3.63) is 29.5 Å². The second-order valence-electron chi connectivity index (χ2n) is 7.13. The molecule has 6 nitrogen and oxygen atoms in total. The van der Waals surface area contributed by atoms with Crippen molar-refractivity contribution in [3.8, 4) is 10.6 Å². The molecule has 0 unspecified atom stereocenters. The van der Waals surface area contributed by atoms with E-state index in [4.69, 9.17) is 0 Å². The van der Waals surface area contributed by atoms with Crippen LogP contribution < -0.4 is 4.90 Å². The average Bonchev–Trinajstić information content (AvgIpc) is 3.13. The number of aromatic nitrogens is 4. The van der Waals surface area contributed by atoms with Crippen molar-refractivity contribution in [1.29, 1.82) is 0 Å². The number of nitrogens with zero attached hydrogens (tertiary/aromatic N) is 6. The maximum absolute atomic E-state index is 12.6. The summed E-state index contributed by atoms with van der Waals surface area (Å²) in [4.78, 5) is 13.0. The molecule has 4 rings (SSSR count). The second-order valence-corrected chi connectivity index (χ2v) is 8.32. The topological polar surface area (TPSA) is 58.0 Å². The summed E-state index contributed by atoms with van der Waals surface area (Å²) >= 11 is 1.54. The molecule has 1 aliphatic heterocycles. The van der Waals surface area contributed by atoms with E-state index in [2.05, 4.69) is 31.1 Å². The van der Waals surface area contributed by atoms with Gasteiger partial charge in [0.15, 0.2) is 0 Å². The van der Waals surface area contributed by atoms with E-state index >= 15 is 0 Å². The lowest BCUT2D eigenvalue weighted by Crippen LogP contribution is -2.45. The molecule has 9 heteroatoms. The third-order valence-corrected chi connectivity index (χ3v) is 6.05. The predicted molar refractivity (Wildman–Crippen MR) is 107 cm³/mol. The Labute approximate surface area is 166 Å². The first-order valence-electron chi connectivity index (χ1n) is 9.29. The maximum Gasteiger partial charge on any atom is 0.251 e. The van der Waals surface area contributed by atoms with Gasteiger partial charge in [-0.3, -0.25) is 9.88 Å². The summed E-state index contributed by atoms with van der Waals surface area (Å²) in [6, 6.07) is 4.30.